The molecule has 1 aromatic heterocycles. The van der Waals surface area contributed by atoms with Crippen molar-refractivity contribution in [3.05, 3.63) is 81.1 Å². The van der Waals surface area contributed by atoms with Crippen LogP contribution in [0, 0.1) is 18.8 Å². The molecule has 0 spiro atoms. The third kappa shape index (κ3) is 4.22. The molecule has 3 aromatic rings. The number of hydrogen-bond donors (Lipinski definition) is 7. The van der Waals surface area contributed by atoms with E-state index in [1.54, 1.807) is 19.1 Å². The van der Waals surface area contributed by atoms with Crippen LogP contribution in [0.25, 0.3) is 11.3 Å². The van der Waals surface area contributed by atoms with Gasteiger partial charge >= 0.3 is 0 Å². The van der Waals surface area contributed by atoms with Gasteiger partial charge in [0.2, 0.25) is 5.78 Å². The van der Waals surface area contributed by atoms with E-state index in [0.717, 1.165) is 16.1 Å². The summed E-state index contributed by atoms with van der Waals surface area (Å²) in [5, 5.41) is 61.1. The van der Waals surface area contributed by atoms with Gasteiger partial charge in [-0.3, -0.25) is 19.3 Å². The van der Waals surface area contributed by atoms with Gasteiger partial charge in [0.25, 0.3) is 5.91 Å². The first-order valence-electron chi connectivity index (χ1n) is 14.2. The van der Waals surface area contributed by atoms with Crippen molar-refractivity contribution in [3.8, 4) is 17.0 Å². The van der Waals surface area contributed by atoms with Gasteiger partial charge in [-0.1, -0.05) is 43.3 Å². The molecule has 1 heterocycles. The Morgan fingerprint density at radius 3 is 2.38 bits per heavy atom. The number of Topliss-reactive ketones (excluding diaryl/α,β-unsaturated/α-hetero) is 2. The number of aromatic nitrogens is 1. The molecule has 0 fully saturated rings. The molecule has 1 amide bonds. The molecule has 6 atom stereocenters. The number of aryl methyl sites for hydroxylation is 1. The molecule has 2 aromatic carbocycles. The Hall–Kier alpha value is -4.56. The van der Waals surface area contributed by atoms with Crippen LogP contribution in [0.3, 0.4) is 0 Å². The lowest BCUT2D eigenvalue weighted by molar-refractivity contribution is -0.162. The average molecular weight is 633 g/mol. The number of aliphatic hydroxyl groups excluding tert-OH is 3. The van der Waals surface area contributed by atoms with Crippen molar-refractivity contribution in [1.82, 2.24) is 9.88 Å². The molecule has 8 N–H and O–H groups in total. The SMILES string of the molecule is Cc1sc(Nc2ccc3c(c2O)C(=O)C2=C(O)[C@]4(O)C(=O)C(C(N)=O)=C(O)[C@@H](N(C)C)[C@@H]4[C@@H](O)[C@@H]2[C@H]3C)nc1-c1ccccc1. The molecule has 45 heavy (non-hydrogen) atoms. The highest BCUT2D eigenvalue weighted by atomic mass is 32.1. The van der Waals surface area contributed by atoms with E-state index in [2.05, 4.69) is 10.3 Å². The number of carbonyl (C=O) groups excluding carboxylic acids is 3. The van der Waals surface area contributed by atoms with Gasteiger partial charge in [0, 0.05) is 21.9 Å². The third-order valence-electron chi connectivity index (χ3n) is 9.22. The van der Waals surface area contributed by atoms with Crippen molar-refractivity contribution in [2.75, 3.05) is 19.4 Å². The molecule has 0 saturated heterocycles. The second-order valence-electron chi connectivity index (χ2n) is 11.9. The van der Waals surface area contributed by atoms with Crippen molar-refractivity contribution in [2.45, 2.75) is 37.5 Å². The fraction of sp³-hybridized carbons (Fsp3) is 0.312. The van der Waals surface area contributed by atoms with Crippen molar-refractivity contribution in [1.29, 1.82) is 0 Å². The highest BCUT2D eigenvalue weighted by Crippen LogP contribution is 2.56. The Bertz CT molecular complexity index is 1850. The highest BCUT2D eigenvalue weighted by Gasteiger charge is 2.67. The average Bonchev–Trinajstić information content (AvgIpc) is 3.35. The minimum Gasteiger partial charge on any atom is -0.510 e. The lowest BCUT2D eigenvalue weighted by Gasteiger charge is -2.53. The zero-order chi connectivity index (χ0) is 32.7. The van der Waals surface area contributed by atoms with E-state index < -0.39 is 81.4 Å². The number of benzene rings is 2. The molecule has 13 heteroatoms. The summed E-state index contributed by atoms with van der Waals surface area (Å²) >= 11 is 1.35. The number of amides is 1. The summed E-state index contributed by atoms with van der Waals surface area (Å²) in [5.74, 6) is -9.37. The van der Waals surface area contributed by atoms with Crippen LogP contribution in [0.5, 0.6) is 5.75 Å². The zero-order valence-corrected chi connectivity index (χ0v) is 25.6. The van der Waals surface area contributed by atoms with E-state index in [1.807, 2.05) is 37.3 Å². The first-order chi connectivity index (χ1) is 21.2. The number of nitrogens with zero attached hydrogens (tertiary/aromatic N) is 2. The minimum absolute atomic E-state index is 0.152. The molecule has 0 aliphatic heterocycles. The predicted molar refractivity (Wildman–Crippen MR) is 165 cm³/mol. The van der Waals surface area contributed by atoms with E-state index >= 15 is 0 Å². The van der Waals surface area contributed by atoms with E-state index in [4.69, 9.17) is 5.73 Å². The standard InChI is InChI=1S/C32H32N4O8S/c1-12-15-10-11-16(34-31-35-22(13(2)45-31)14-8-6-5-7-9-14)24(37)18(15)25(38)19-17(12)26(39)21-23(36(3)4)27(40)20(30(33)43)29(42)32(21,44)28(19)41/h5-12,17,21,23,26,37,39-41,44H,1-4H3,(H2,33,43)(H,34,35)/t12-,17+,21+,23-,26-,32-/m0/s1. The topological polar surface area (TPSA) is 207 Å². The van der Waals surface area contributed by atoms with Crippen molar-refractivity contribution >= 4 is 39.6 Å². The summed E-state index contributed by atoms with van der Waals surface area (Å²) in [4.78, 5) is 46.9. The number of phenols is 1. The van der Waals surface area contributed by atoms with Gasteiger partial charge in [0.15, 0.2) is 22.3 Å². The van der Waals surface area contributed by atoms with E-state index in [9.17, 15) is 39.9 Å². The molecule has 6 rings (SSSR count). The van der Waals surface area contributed by atoms with Gasteiger partial charge in [-0.15, -0.1) is 11.3 Å². The summed E-state index contributed by atoms with van der Waals surface area (Å²) in [6.07, 6.45) is -1.66. The summed E-state index contributed by atoms with van der Waals surface area (Å²) in [5.41, 5.74) is 3.01. The number of nitrogens with two attached hydrogens (primary N) is 1. The van der Waals surface area contributed by atoms with E-state index in [0.29, 0.717) is 10.7 Å². The molecule has 0 radical (unpaired) electrons. The number of aromatic hydroxyl groups is 1. The summed E-state index contributed by atoms with van der Waals surface area (Å²) in [7, 11) is 2.98. The van der Waals surface area contributed by atoms with Crippen LogP contribution in [-0.2, 0) is 9.59 Å². The Morgan fingerprint density at radius 1 is 1.09 bits per heavy atom. The van der Waals surface area contributed by atoms with Crippen LogP contribution in [0.15, 0.2) is 65.1 Å². The number of likely N-dealkylation sites (N-methyl/N-ethyl adjacent to an activating group) is 1. The number of phenolic OH excluding ortho intramolecular Hbond substituents is 1. The molecule has 3 aliphatic carbocycles. The number of hydrogen-bond acceptors (Lipinski definition) is 12. The zero-order valence-electron chi connectivity index (χ0n) is 24.8. The maximum Gasteiger partial charge on any atom is 0.255 e. The van der Waals surface area contributed by atoms with Gasteiger partial charge in [0.05, 0.1) is 35.0 Å². The molecular weight excluding hydrogens is 600 g/mol. The van der Waals surface area contributed by atoms with Crippen LogP contribution in [0.2, 0.25) is 0 Å². The van der Waals surface area contributed by atoms with Gasteiger partial charge in [-0.05, 0) is 38.6 Å². The second-order valence-corrected chi connectivity index (χ2v) is 13.1. The minimum atomic E-state index is -2.97. The molecule has 0 unspecified atom stereocenters. The molecule has 234 valence electrons. The van der Waals surface area contributed by atoms with Crippen LogP contribution >= 0.6 is 11.3 Å². The largest absolute Gasteiger partial charge is 0.510 e. The second kappa shape index (κ2) is 10.5. The Kier molecular flexibility index (Phi) is 7.12. The number of anilines is 2. The summed E-state index contributed by atoms with van der Waals surface area (Å²) < 4.78 is 0. The van der Waals surface area contributed by atoms with E-state index in [1.165, 1.54) is 30.3 Å². The Labute approximate surface area is 261 Å². The maximum absolute atomic E-state index is 14.1. The lowest BCUT2D eigenvalue weighted by Crippen LogP contribution is -2.68. The highest BCUT2D eigenvalue weighted by molar-refractivity contribution is 7.16. The number of nitrogens with one attached hydrogen (secondary N) is 1. The Morgan fingerprint density at radius 2 is 1.76 bits per heavy atom. The van der Waals surface area contributed by atoms with E-state index in [-0.39, 0.29) is 11.3 Å². The molecule has 3 aliphatic rings. The third-order valence-corrected chi connectivity index (χ3v) is 10.1. The lowest BCUT2D eigenvalue weighted by atomic mass is 9.55. The van der Waals surface area contributed by atoms with Gasteiger partial charge < -0.3 is 36.6 Å². The quantitative estimate of drug-likeness (QED) is 0.161. The molecule has 12 nitrogen and oxygen atoms in total. The fourth-order valence-electron chi connectivity index (χ4n) is 7.15. The maximum atomic E-state index is 14.1. The van der Waals surface area contributed by atoms with Crippen LogP contribution in [0.1, 0.15) is 33.6 Å². The normalized spacial score (nSPS) is 27.8. The number of ketones is 2. The van der Waals surface area contributed by atoms with Crippen LogP contribution < -0.4 is 11.1 Å². The summed E-state index contributed by atoms with van der Waals surface area (Å²) in [6, 6.07) is 11.4. The van der Waals surface area contributed by atoms with Crippen molar-refractivity contribution in [3.63, 3.8) is 0 Å². The van der Waals surface area contributed by atoms with Gasteiger partial charge in [-0.2, -0.15) is 0 Å². The molecule has 0 bridgehead atoms. The molecular formula is C32H32N4O8S. The monoisotopic (exact) mass is 632 g/mol. The smallest absolute Gasteiger partial charge is 0.255 e. The van der Waals surface area contributed by atoms with Gasteiger partial charge in [-0.25, -0.2) is 4.98 Å². The van der Waals surface area contributed by atoms with Crippen LogP contribution in [0.4, 0.5) is 10.8 Å². The first kappa shape index (κ1) is 30.5. The number of primary amides is 1. The van der Waals surface area contributed by atoms with Gasteiger partial charge in [0.1, 0.15) is 17.1 Å². The number of aliphatic hydroxyl groups is 4. The number of thiazole rings is 1. The fourth-order valence-corrected chi connectivity index (χ4v) is 8.00. The van der Waals surface area contributed by atoms with Crippen molar-refractivity contribution < 1.29 is 39.9 Å². The van der Waals surface area contributed by atoms with Crippen molar-refractivity contribution in [2.24, 2.45) is 17.6 Å². The predicted octanol–water partition coefficient (Wildman–Crippen LogP) is 2.83. The number of rotatable bonds is 5. The van der Waals surface area contributed by atoms with Crippen LogP contribution in [-0.4, -0.2) is 84.7 Å². The number of fused-ring (bicyclic) bond motifs is 3. The molecule has 0 saturated carbocycles. The first-order valence-corrected chi connectivity index (χ1v) is 15.0. The number of carbonyl (C=O) groups is 3. The Balaban J connectivity index is 1.47. The summed E-state index contributed by atoms with van der Waals surface area (Å²) in [6.45, 7) is 3.59.